The molecular formula is C18H24N2O5. The van der Waals surface area contributed by atoms with Crippen LogP contribution in [0, 0.1) is 12.8 Å². The van der Waals surface area contributed by atoms with E-state index in [1.165, 1.54) is 18.9 Å². The molecule has 136 valence electrons. The third kappa shape index (κ3) is 3.31. The Morgan fingerprint density at radius 1 is 1.32 bits per heavy atom. The van der Waals surface area contributed by atoms with Crippen molar-refractivity contribution in [3.8, 4) is 5.75 Å². The van der Waals surface area contributed by atoms with E-state index in [0.29, 0.717) is 11.4 Å². The summed E-state index contributed by atoms with van der Waals surface area (Å²) in [4.78, 5) is 38.9. The van der Waals surface area contributed by atoms with Crippen LogP contribution in [0.4, 0.5) is 5.69 Å². The van der Waals surface area contributed by atoms with Gasteiger partial charge in [-0.1, -0.05) is 19.9 Å². The summed E-state index contributed by atoms with van der Waals surface area (Å²) >= 11 is 0. The number of carbonyl (C=O) groups excluding carboxylic acids is 3. The predicted octanol–water partition coefficient (Wildman–Crippen LogP) is 1.42. The molecule has 1 N–H and O–H groups in total. The monoisotopic (exact) mass is 348 g/mol. The molecule has 0 radical (unpaired) electrons. The quantitative estimate of drug-likeness (QED) is 0.657. The summed E-state index contributed by atoms with van der Waals surface area (Å²) in [5.41, 5.74) is -0.192. The Kier molecular flexibility index (Phi) is 5.06. The van der Waals surface area contributed by atoms with Crippen LogP contribution in [0.3, 0.4) is 0 Å². The van der Waals surface area contributed by atoms with E-state index in [0.717, 1.165) is 5.56 Å². The fourth-order valence-corrected chi connectivity index (χ4v) is 2.72. The first-order valence-corrected chi connectivity index (χ1v) is 8.08. The van der Waals surface area contributed by atoms with Crippen LogP contribution in [-0.4, -0.2) is 43.6 Å². The topological polar surface area (TPSA) is 84.9 Å². The number of hydrogen-bond acceptors (Lipinski definition) is 5. The second-order valence-corrected chi connectivity index (χ2v) is 6.69. The molecule has 7 nitrogen and oxygen atoms in total. The van der Waals surface area contributed by atoms with Crippen molar-refractivity contribution < 1.29 is 23.9 Å². The number of ether oxygens (including phenoxy) is 2. The van der Waals surface area contributed by atoms with Crippen molar-refractivity contribution in [1.29, 1.82) is 0 Å². The largest absolute Gasteiger partial charge is 0.467 e. The maximum absolute atomic E-state index is 12.8. The smallest absolute Gasteiger partial charge is 0.328 e. The molecule has 1 aromatic carbocycles. The molecular weight excluding hydrogens is 324 g/mol. The summed E-state index contributed by atoms with van der Waals surface area (Å²) in [6, 6.07) is 4.51. The van der Waals surface area contributed by atoms with Crippen LogP contribution in [0.5, 0.6) is 5.75 Å². The molecule has 2 amide bonds. The highest BCUT2D eigenvalue weighted by Gasteiger charge is 2.50. The zero-order chi connectivity index (χ0) is 18.9. The Balaban J connectivity index is 2.34. The molecule has 0 aromatic heterocycles. The summed E-state index contributed by atoms with van der Waals surface area (Å²) < 4.78 is 10.5. The third-order valence-electron chi connectivity index (χ3n) is 4.34. The fourth-order valence-electron chi connectivity index (χ4n) is 2.72. The molecule has 0 saturated carbocycles. The molecule has 2 rings (SSSR count). The van der Waals surface area contributed by atoms with Crippen molar-refractivity contribution in [3.05, 3.63) is 23.8 Å². The van der Waals surface area contributed by atoms with Gasteiger partial charge in [-0.05, 0) is 37.5 Å². The highest BCUT2D eigenvalue weighted by Crippen LogP contribution is 2.37. The van der Waals surface area contributed by atoms with Gasteiger partial charge in [0, 0.05) is 7.05 Å². The van der Waals surface area contributed by atoms with Gasteiger partial charge in [-0.25, -0.2) is 4.79 Å². The third-order valence-corrected chi connectivity index (χ3v) is 4.34. The number of nitrogens with one attached hydrogen (secondary N) is 1. The predicted molar refractivity (Wildman–Crippen MR) is 92.4 cm³/mol. The van der Waals surface area contributed by atoms with Gasteiger partial charge in [0.05, 0.1) is 12.8 Å². The Hall–Kier alpha value is -2.57. The number of nitrogens with zero attached hydrogens (tertiary/aromatic N) is 1. The van der Waals surface area contributed by atoms with Gasteiger partial charge >= 0.3 is 5.97 Å². The van der Waals surface area contributed by atoms with Gasteiger partial charge in [-0.2, -0.15) is 0 Å². The van der Waals surface area contributed by atoms with E-state index in [2.05, 4.69) is 5.32 Å². The second-order valence-electron chi connectivity index (χ2n) is 6.69. The summed E-state index contributed by atoms with van der Waals surface area (Å²) in [5.74, 6) is -1.52. The van der Waals surface area contributed by atoms with Crippen LogP contribution in [0.2, 0.25) is 0 Å². The van der Waals surface area contributed by atoms with Crippen LogP contribution in [-0.2, 0) is 19.1 Å². The number of benzene rings is 1. The lowest BCUT2D eigenvalue weighted by Gasteiger charge is -2.38. The van der Waals surface area contributed by atoms with E-state index >= 15 is 0 Å². The molecule has 2 unspecified atom stereocenters. The summed E-state index contributed by atoms with van der Waals surface area (Å²) in [6.07, 6.45) is 0. The first-order valence-electron chi connectivity index (χ1n) is 8.08. The number of hydrogen-bond donors (Lipinski definition) is 1. The van der Waals surface area contributed by atoms with Gasteiger partial charge < -0.3 is 19.7 Å². The number of rotatable bonds is 4. The standard InChI is InChI=1S/C18H24N2O5/c1-10(2)14(15(21)24-6)19-16(22)18(4)17(23)20(5)12-9-11(3)7-8-13(12)25-18/h7-10,14H,1-6H3,(H,19,22). The lowest BCUT2D eigenvalue weighted by atomic mass is 9.97. The van der Waals surface area contributed by atoms with E-state index < -0.39 is 29.4 Å². The van der Waals surface area contributed by atoms with Crippen molar-refractivity contribution in [3.63, 3.8) is 0 Å². The molecule has 0 aliphatic carbocycles. The zero-order valence-corrected chi connectivity index (χ0v) is 15.4. The zero-order valence-electron chi connectivity index (χ0n) is 15.4. The van der Waals surface area contributed by atoms with Crippen LogP contribution in [0.25, 0.3) is 0 Å². The Morgan fingerprint density at radius 2 is 1.96 bits per heavy atom. The molecule has 2 atom stereocenters. The molecule has 0 bridgehead atoms. The summed E-state index contributed by atoms with van der Waals surface area (Å²) in [7, 11) is 2.84. The SMILES string of the molecule is COC(=O)C(NC(=O)C1(C)Oc2ccc(C)cc2N(C)C1=O)C(C)C. The van der Waals surface area contributed by atoms with Gasteiger partial charge in [-0.15, -0.1) is 0 Å². The second kappa shape index (κ2) is 6.74. The number of amides is 2. The minimum absolute atomic E-state index is 0.202. The first kappa shape index (κ1) is 18.8. The van der Waals surface area contributed by atoms with Crippen LogP contribution < -0.4 is 15.0 Å². The molecule has 0 spiro atoms. The van der Waals surface area contributed by atoms with E-state index in [-0.39, 0.29) is 5.92 Å². The molecule has 7 heteroatoms. The minimum atomic E-state index is -1.77. The highest BCUT2D eigenvalue weighted by molar-refractivity contribution is 6.16. The fraction of sp³-hybridized carbons (Fsp3) is 0.500. The first-order chi connectivity index (χ1) is 11.6. The van der Waals surface area contributed by atoms with Gasteiger partial charge in [0.1, 0.15) is 11.8 Å². The number of carbonyl (C=O) groups is 3. The van der Waals surface area contributed by atoms with Crippen LogP contribution in [0.1, 0.15) is 26.3 Å². The summed E-state index contributed by atoms with van der Waals surface area (Å²) in [6.45, 7) is 6.86. The highest BCUT2D eigenvalue weighted by atomic mass is 16.5. The molecule has 0 saturated heterocycles. The number of likely N-dealkylation sites (N-methyl/N-ethyl adjacent to an activating group) is 1. The lowest BCUT2D eigenvalue weighted by Crippen LogP contribution is -2.63. The molecule has 1 aliphatic rings. The van der Waals surface area contributed by atoms with Gasteiger partial charge in [-0.3, -0.25) is 9.59 Å². The van der Waals surface area contributed by atoms with Gasteiger partial charge in [0.2, 0.25) is 0 Å². The number of anilines is 1. The molecule has 1 aliphatic heterocycles. The maximum Gasteiger partial charge on any atom is 0.328 e. The van der Waals surface area contributed by atoms with Gasteiger partial charge in [0.25, 0.3) is 17.4 Å². The maximum atomic E-state index is 12.8. The number of esters is 1. The van der Waals surface area contributed by atoms with E-state index in [1.807, 2.05) is 19.1 Å². The Morgan fingerprint density at radius 3 is 2.52 bits per heavy atom. The van der Waals surface area contributed by atoms with E-state index in [9.17, 15) is 14.4 Å². The molecule has 0 fully saturated rings. The Labute approximate surface area is 147 Å². The van der Waals surface area contributed by atoms with E-state index in [1.54, 1.807) is 27.0 Å². The molecule has 1 heterocycles. The number of methoxy groups -OCH3 is 1. The molecule has 1 aromatic rings. The average molecular weight is 348 g/mol. The van der Waals surface area contributed by atoms with Crippen molar-refractivity contribution in [2.45, 2.75) is 39.3 Å². The number of aryl methyl sites for hydroxylation is 1. The van der Waals surface area contributed by atoms with Crippen molar-refractivity contribution in [2.24, 2.45) is 5.92 Å². The van der Waals surface area contributed by atoms with Crippen LogP contribution in [0.15, 0.2) is 18.2 Å². The van der Waals surface area contributed by atoms with E-state index in [4.69, 9.17) is 9.47 Å². The van der Waals surface area contributed by atoms with Crippen LogP contribution >= 0.6 is 0 Å². The minimum Gasteiger partial charge on any atom is -0.467 e. The van der Waals surface area contributed by atoms with Crippen molar-refractivity contribution in [2.75, 3.05) is 19.1 Å². The Bertz CT molecular complexity index is 715. The number of fused-ring (bicyclic) bond motifs is 1. The van der Waals surface area contributed by atoms with Gasteiger partial charge in [0.15, 0.2) is 0 Å². The normalized spacial score (nSPS) is 20.6. The van der Waals surface area contributed by atoms with Crippen molar-refractivity contribution >= 4 is 23.5 Å². The average Bonchev–Trinajstić information content (AvgIpc) is 2.57. The molecule has 25 heavy (non-hydrogen) atoms. The summed E-state index contributed by atoms with van der Waals surface area (Å²) in [5, 5.41) is 2.58. The van der Waals surface area contributed by atoms with Crippen molar-refractivity contribution in [1.82, 2.24) is 5.32 Å². The lowest BCUT2D eigenvalue weighted by molar-refractivity contribution is -0.153.